The Morgan fingerprint density at radius 3 is 1.28 bits per heavy atom. The van der Waals surface area contributed by atoms with E-state index in [2.05, 4.69) is 12.1 Å². The number of hydrogen-bond acceptors (Lipinski definition) is 12. The van der Waals surface area contributed by atoms with Gasteiger partial charge in [-0.05, 0) is 72.9 Å². The molecule has 2 aliphatic carbocycles. The number of nitriles is 2. The molecule has 0 saturated carbocycles. The van der Waals surface area contributed by atoms with Crippen molar-refractivity contribution in [3.63, 3.8) is 0 Å². The lowest BCUT2D eigenvalue weighted by Gasteiger charge is -2.07. The molecule has 0 N–H and O–H groups in total. The van der Waals surface area contributed by atoms with Gasteiger partial charge in [-0.2, -0.15) is 10.5 Å². The average Bonchev–Trinajstić information content (AvgIpc) is 3.76. The minimum atomic E-state index is -0.803. The SMILES string of the molecule is N#Cc1c(-n2c(=O)c3cc4c(=O)n(-c5sc6c(c5C#N)-c5cc([N+](=O)[O-])ccc5CCC6)c(=O)c4cc3c2=O)sc2c1-c1cc([N+](=O)[O-])ccc1CCC2. The van der Waals surface area contributed by atoms with Gasteiger partial charge in [-0.1, -0.05) is 12.1 Å². The van der Waals surface area contributed by atoms with E-state index in [4.69, 9.17) is 0 Å². The summed E-state index contributed by atoms with van der Waals surface area (Å²) in [4.78, 5) is 79.8. The van der Waals surface area contributed by atoms with Crippen molar-refractivity contribution in [1.29, 1.82) is 10.5 Å². The number of nitro groups is 2. The molecule has 0 radical (unpaired) electrons. The van der Waals surface area contributed by atoms with E-state index in [-0.39, 0.29) is 54.0 Å². The number of thiophene rings is 2. The zero-order valence-corrected chi connectivity index (χ0v) is 29.3. The van der Waals surface area contributed by atoms with E-state index in [0.717, 1.165) is 42.9 Å². The minimum absolute atomic E-state index is 0.0208. The Morgan fingerprint density at radius 1 is 0.574 bits per heavy atom. The molecule has 14 nitrogen and oxygen atoms in total. The fourth-order valence-electron chi connectivity index (χ4n) is 7.85. The van der Waals surface area contributed by atoms with Crippen molar-refractivity contribution in [2.75, 3.05) is 0 Å². The van der Waals surface area contributed by atoms with Crippen LogP contribution in [0, 0.1) is 42.9 Å². The number of nitro benzene ring substituents is 2. The highest BCUT2D eigenvalue weighted by Crippen LogP contribution is 2.45. The lowest BCUT2D eigenvalue weighted by Crippen LogP contribution is -2.24. The van der Waals surface area contributed by atoms with Crippen molar-refractivity contribution < 1.29 is 9.85 Å². The second-order valence-electron chi connectivity index (χ2n) is 13.1. The molecule has 0 atom stereocenters. The Balaban J connectivity index is 1.24. The van der Waals surface area contributed by atoms with E-state index in [1.54, 1.807) is 12.1 Å². The monoisotopic (exact) mass is 752 g/mol. The normalized spacial score (nSPS) is 13.3. The van der Waals surface area contributed by atoms with Crippen LogP contribution in [0.5, 0.6) is 0 Å². The number of aryl methyl sites for hydroxylation is 4. The van der Waals surface area contributed by atoms with E-state index >= 15 is 0 Å². The molecule has 0 aliphatic heterocycles. The number of hydrogen-bond donors (Lipinski definition) is 0. The van der Waals surface area contributed by atoms with Crippen LogP contribution in [0.15, 0.2) is 67.7 Å². The molecule has 4 aromatic heterocycles. The van der Waals surface area contributed by atoms with E-state index in [0.29, 0.717) is 70.5 Å². The first-order chi connectivity index (χ1) is 26.0. The first-order valence-corrected chi connectivity index (χ1v) is 18.3. The summed E-state index contributed by atoms with van der Waals surface area (Å²) >= 11 is 2.16. The lowest BCUT2D eigenvalue weighted by atomic mass is 9.96. The van der Waals surface area contributed by atoms with Gasteiger partial charge in [0.2, 0.25) is 0 Å². The zero-order chi connectivity index (χ0) is 37.7. The van der Waals surface area contributed by atoms with Gasteiger partial charge in [-0.15, -0.1) is 22.7 Å². The Morgan fingerprint density at radius 2 is 0.944 bits per heavy atom. The second kappa shape index (κ2) is 11.8. The summed E-state index contributed by atoms with van der Waals surface area (Å²) in [5.74, 6) is 0. The van der Waals surface area contributed by atoms with Gasteiger partial charge >= 0.3 is 0 Å². The van der Waals surface area contributed by atoms with Gasteiger partial charge in [0, 0.05) is 45.1 Å². The van der Waals surface area contributed by atoms with Crippen LogP contribution >= 0.6 is 22.7 Å². The molecule has 7 aromatic rings. The van der Waals surface area contributed by atoms with E-state index < -0.39 is 32.1 Å². The fourth-order valence-corrected chi connectivity index (χ4v) is 10.5. The molecule has 0 unspecified atom stereocenters. The summed E-state index contributed by atoms with van der Waals surface area (Å²) in [6, 6.07) is 15.5. The van der Waals surface area contributed by atoms with Crippen LogP contribution in [0.1, 0.15) is 44.8 Å². The number of nitrogens with zero attached hydrogens (tertiary/aromatic N) is 6. The summed E-state index contributed by atoms with van der Waals surface area (Å²) in [6.07, 6.45) is 3.59. The zero-order valence-electron chi connectivity index (χ0n) is 27.6. The summed E-state index contributed by atoms with van der Waals surface area (Å²) in [5.41, 5.74) is -0.0344. The van der Waals surface area contributed by atoms with Gasteiger partial charge in [-0.25, -0.2) is 9.13 Å². The molecule has 2 aliphatic rings. The molecule has 9 rings (SSSR count). The molecule has 0 spiro atoms. The molecular formula is C38H20N6O8S2. The fraction of sp³-hybridized carbons (Fsp3) is 0.158. The third kappa shape index (κ3) is 4.54. The molecule has 0 saturated heterocycles. The highest BCUT2D eigenvalue weighted by Gasteiger charge is 2.31. The topological polar surface area (TPSA) is 212 Å². The molecular weight excluding hydrogens is 733 g/mol. The van der Waals surface area contributed by atoms with Crippen LogP contribution < -0.4 is 22.2 Å². The van der Waals surface area contributed by atoms with Crippen LogP contribution in [0.2, 0.25) is 0 Å². The smallest absolute Gasteiger partial charge is 0.268 e. The number of benzene rings is 3. The highest BCUT2D eigenvalue weighted by atomic mass is 32.1. The molecule has 0 fully saturated rings. The van der Waals surface area contributed by atoms with Crippen molar-refractivity contribution in [2.24, 2.45) is 0 Å². The van der Waals surface area contributed by atoms with E-state index in [1.807, 2.05) is 0 Å². The maximum atomic E-state index is 14.1. The number of aromatic nitrogens is 2. The largest absolute Gasteiger partial charge is 0.270 e. The lowest BCUT2D eigenvalue weighted by molar-refractivity contribution is -0.385. The predicted octanol–water partition coefficient (Wildman–Crippen LogP) is 5.88. The number of fused-ring (bicyclic) bond motifs is 8. The van der Waals surface area contributed by atoms with Crippen molar-refractivity contribution in [2.45, 2.75) is 38.5 Å². The van der Waals surface area contributed by atoms with Gasteiger partial charge in [0.05, 0.1) is 42.5 Å². The third-order valence-corrected chi connectivity index (χ3v) is 12.8. The molecule has 54 heavy (non-hydrogen) atoms. The second-order valence-corrected chi connectivity index (χ2v) is 15.3. The quantitative estimate of drug-likeness (QED) is 0.154. The minimum Gasteiger partial charge on any atom is -0.268 e. The van der Waals surface area contributed by atoms with Crippen LogP contribution in [-0.4, -0.2) is 19.0 Å². The van der Waals surface area contributed by atoms with Crippen LogP contribution in [-0.2, 0) is 25.7 Å². The van der Waals surface area contributed by atoms with Gasteiger partial charge in [0.15, 0.2) is 0 Å². The summed E-state index contributed by atoms with van der Waals surface area (Å²) < 4.78 is 1.73. The van der Waals surface area contributed by atoms with Gasteiger partial charge in [0.1, 0.15) is 22.1 Å². The van der Waals surface area contributed by atoms with E-state index in [1.165, 1.54) is 36.4 Å². The molecule has 262 valence electrons. The van der Waals surface area contributed by atoms with Crippen LogP contribution in [0.25, 0.3) is 53.8 Å². The standard InChI is InChI=1S/C38H20N6O8S2/c39-15-27-31-21-11-19(43(49)50)9-7-17(21)3-1-5-29(31)53-37(27)41-33(45)23-13-25-26(14-24(23)34(41)46)36(48)42(35(25)47)38-28(16-40)32-22-12-20(44(51)52)10-8-18(22)4-2-6-30(32)54-38/h7-14H,1-6H2. The first-order valence-electron chi connectivity index (χ1n) is 16.6. The van der Waals surface area contributed by atoms with E-state index in [9.17, 15) is 49.9 Å². The molecule has 0 bridgehead atoms. The number of non-ortho nitro benzene ring substituents is 2. The number of rotatable bonds is 4. The molecule has 3 aromatic carbocycles. The van der Waals surface area contributed by atoms with Gasteiger partial charge in [0.25, 0.3) is 33.6 Å². The maximum Gasteiger partial charge on any atom is 0.270 e. The van der Waals surface area contributed by atoms with Crippen LogP contribution in [0.3, 0.4) is 0 Å². The molecule has 0 amide bonds. The van der Waals surface area contributed by atoms with Crippen molar-refractivity contribution in [1.82, 2.24) is 9.13 Å². The maximum absolute atomic E-state index is 14.1. The average molecular weight is 753 g/mol. The van der Waals surface area contributed by atoms with Crippen molar-refractivity contribution >= 4 is 55.6 Å². The molecule has 4 heterocycles. The van der Waals surface area contributed by atoms with Gasteiger partial charge in [-0.3, -0.25) is 39.4 Å². The third-order valence-electron chi connectivity index (χ3n) is 10.3. The Hall–Kier alpha value is -6.88. The Labute approximate surface area is 309 Å². The highest BCUT2D eigenvalue weighted by molar-refractivity contribution is 7.15. The van der Waals surface area contributed by atoms with Crippen LogP contribution in [0.4, 0.5) is 11.4 Å². The predicted molar refractivity (Wildman–Crippen MR) is 201 cm³/mol. The first kappa shape index (κ1) is 33.0. The molecule has 16 heteroatoms. The Kier molecular flexibility index (Phi) is 7.22. The van der Waals surface area contributed by atoms with Gasteiger partial charge < -0.3 is 0 Å². The Bertz CT molecular complexity index is 2910. The van der Waals surface area contributed by atoms with Crippen molar-refractivity contribution in [3.05, 3.63) is 142 Å². The van der Waals surface area contributed by atoms with Crippen molar-refractivity contribution in [3.8, 4) is 44.4 Å². The summed E-state index contributed by atoms with van der Waals surface area (Å²) in [5, 5.41) is 43.5. The summed E-state index contributed by atoms with van der Waals surface area (Å²) in [6.45, 7) is 0. The summed E-state index contributed by atoms with van der Waals surface area (Å²) in [7, 11) is 0.